The van der Waals surface area contributed by atoms with Gasteiger partial charge in [-0.05, 0) is 0 Å². The zero-order valence-electron chi connectivity index (χ0n) is 8.41. The Morgan fingerprint density at radius 1 is 1.38 bits per heavy atom. The van der Waals surface area contributed by atoms with Gasteiger partial charge >= 0.3 is 117 Å². The van der Waals surface area contributed by atoms with Crippen molar-refractivity contribution in [2.75, 3.05) is 0 Å². The van der Waals surface area contributed by atoms with Gasteiger partial charge in [0.15, 0.2) is 0 Å². The monoisotopic (exact) mass is 422 g/mol. The van der Waals surface area contributed by atoms with E-state index in [0.717, 1.165) is 5.56 Å². The second kappa shape index (κ2) is 7.06. The van der Waals surface area contributed by atoms with Crippen molar-refractivity contribution in [2.45, 2.75) is 6.54 Å². The molecule has 0 saturated heterocycles. The van der Waals surface area contributed by atoms with E-state index in [1.165, 1.54) is 19.4 Å². The maximum atomic E-state index is 6.02. The predicted octanol–water partition coefficient (Wildman–Crippen LogP) is 3.31. The molecule has 1 nitrogen and oxygen atoms in total. The fourth-order valence-electron chi connectivity index (χ4n) is 1.09. The van der Waals surface area contributed by atoms with Gasteiger partial charge < -0.3 is 0 Å². The van der Waals surface area contributed by atoms with Crippen molar-refractivity contribution >= 4 is 27.6 Å². The van der Waals surface area contributed by atoms with E-state index in [-0.39, 0.29) is 0 Å². The van der Waals surface area contributed by atoms with Crippen molar-refractivity contribution in [2.24, 2.45) is 0 Å². The molecule has 0 fully saturated rings. The number of halogens is 2. The van der Waals surface area contributed by atoms with Crippen molar-refractivity contribution in [3.05, 3.63) is 58.2 Å². The second-order valence-electron chi connectivity index (χ2n) is 3.00. The molecule has 16 heavy (non-hydrogen) atoms. The summed E-state index contributed by atoms with van der Waals surface area (Å²) in [6.45, 7) is 6.25. The van der Waals surface area contributed by atoms with Crippen molar-refractivity contribution < 1.29 is 19.4 Å². The van der Waals surface area contributed by atoms with E-state index in [2.05, 4.69) is 5.32 Å². The van der Waals surface area contributed by atoms with E-state index in [1.807, 2.05) is 16.5 Å². The third kappa shape index (κ3) is 4.25. The number of benzene rings is 1. The van der Waals surface area contributed by atoms with Crippen LogP contribution in [0.3, 0.4) is 0 Å². The van der Waals surface area contributed by atoms with Gasteiger partial charge in [-0.3, -0.25) is 0 Å². The van der Waals surface area contributed by atoms with Crippen molar-refractivity contribution in [3.63, 3.8) is 0 Å². The van der Waals surface area contributed by atoms with Crippen LogP contribution in [-0.4, -0.2) is 4.40 Å². The van der Waals surface area contributed by atoms with Gasteiger partial charge in [-0.2, -0.15) is 0 Å². The van der Waals surface area contributed by atoms with Crippen LogP contribution in [0.4, 0.5) is 0 Å². The molecule has 0 saturated carbocycles. The van der Waals surface area contributed by atoms with Crippen LogP contribution in [0.2, 0.25) is 10.0 Å². The summed E-state index contributed by atoms with van der Waals surface area (Å²) in [5.41, 5.74) is 1.45. The number of nitrogens with one attached hydrogen (secondary N) is 1. The molecule has 0 aliphatic rings. The molecule has 0 aliphatic carbocycles. The van der Waals surface area contributed by atoms with Gasteiger partial charge in [0, 0.05) is 0 Å². The molecule has 0 unspecified atom stereocenters. The molecule has 0 aromatic heterocycles. The standard InChI is InChI=1S/C12H10Cl2N.W/c1-3-5-9(2)15-8-10-11(13)6-4-7-12(10)14;/h1-7,15H,8H2;/q-1;/b5-3-;. The van der Waals surface area contributed by atoms with E-state index < -0.39 is 0 Å². The van der Waals surface area contributed by atoms with E-state index in [0.29, 0.717) is 22.3 Å². The van der Waals surface area contributed by atoms with Crippen LogP contribution >= 0.6 is 23.2 Å². The summed E-state index contributed by atoms with van der Waals surface area (Å²) in [6.07, 6.45) is 3.70. The first-order chi connectivity index (χ1) is 7.65. The van der Waals surface area contributed by atoms with Crippen LogP contribution in [0, 0.1) is 6.58 Å². The molecule has 0 aliphatic heterocycles. The average molecular weight is 423 g/mol. The fraction of sp³-hybridized carbons (Fsp3) is 0.0833. The third-order valence-corrected chi connectivity index (χ3v) is 3.16. The van der Waals surface area contributed by atoms with Crippen molar-refractivity contribution in [1.29, 1.82) is 0 Å². The van der Waals surface area contributed by atoms with Gasteiger partial charge in [0.25, 0.3) is 0 Å². The Balaban J connectivity index is 2.64. The Morgan fingerprint density at radius 2 is 2.00 bits per heavy atom. The summed E-state index contributed by atoms with van der Waals surface area (Å²) < 4.78 is 1.98. The van der Waals surface area contributed by atoms with Gasteiger partial charge in [-0.25, -0.2) is 0 Å². The Labute approximate surface area is 117 Å². The molecule has 1 aromatic rings. The Kier molecular flexibility index (Phi) is 6.05. The summed E-state index contributed by atoms with van der Waals surface area (Å²) in [6, 6.07) is 5.43. The third-order valence-electron chi connectivity index (χ3n) is 1.89. The van der Waals surface area contributed by atoms with Crippen LogP contribution in [0.5, 0.6) is 0 Å². The average Bonchev–Trinajstić information content (AvgIpc) is 2.25. The number of hydrogen-bond acceptors (Lipinski definition) is 1. The van der Waals surface area contributed by atoms with Crippen LogP contribution < -0.4 is 5.32 Å². The minimum absolute atomic E-state index is 0.519. The molecule has 0 amide bonds. The normalized spacial score (nSPS) is 10.4. The van der Waals surface area contributed by atoms with Crippen LogP contribution in [0.15, 0.2) is 36.0 Å². The Bertz CT molecular complexity index is 407. The van der Waals surface area contributed by atoms with E-state index >= 15 is 0 Å². The fourth-order valence-corrected chi connectivity index (χ4v) is 1.91. The molecule has 0 bridgehead atoms. The number of hydrogen-bond donors (Lipinski definition) is 1. The maximum absolute atomic E-state index is 6.02. The molecular formula is C12H10Cl2NW-. The summed E-state index contributed by atoms with van der Waals surface area (Å²) in [5, 5.41) is 4.33. The molecule has 1 rings (SSSR count). The van der Waals surface area contributed by atoms with Gasteiger partial charge in [0.2, 0.25) is 0 Å². The van der Waals surface area contributed by atoms with Crippen LogP contribution in [0.25, 0.3) is 0 Å². The number of rotatable bonds is 5. The van der Waals surface area contributed by atoms with E-state index in [9.17, 15) is 0 Å². The molecule has 0 heterocycles. The van der Waals surface area contributed by atoms with Gasteiger partial charge in [0.05, 0.1) is 0 Å². The Hall–Kier alpha value is -0.362. The second-order valence-corrected chi connectivity index (χ2v) is 4.80. The first-order valence-corrected chi connectivity index (χ1v) is 7.01. The Morgan fingerprint density at radius 3 is 2.56 bits per heavy atom. The van der Waals surface area contributed by atoms with Crippen LogP contribution in [0.1, 0.15) is 5.56 Å². The molecule has 0 atom stereocenters. The molecule has 1 aromatic carbocycles. The summed E-state index contributed by atoms with van der Waals surface area (Å²) in [7, 11) is 0. The molecular weight excluding hydrogens is 413 g/mol. The quantitative estimate of drug-likeness (QED) is 0.567. The number of allylic oxidation sites excluding steroid dienone is 2. The molecule has 0 spiro atoms. The summed E-state index contributed by atoms with van der Waals surface area (Å²) in [4.78, 5) is 0. The molecule has 1 N–H and O–H groups in total. The van der Waals surface area contributed by atoms with E-state index in [4.69, 9.17) is 29.8 Å². The van der Waals surface area contributed by atoms with Gasteiger partial charge in [0.1, 0.15) is 0 Å². The predicted molar refractivity (Wildman–Crippen MR) is 66.3 cm³/mol. The van der Waals surface area contributed by atoms with E-state index in [1.54, 1.807) is 18.2 Å². The van der Waals surface area contributed by atoms with Gasteiger partial charge in [-0.15, -0.1) is 0 Å². The topological polar surface area (TPSA) is 12.0 Å². The molecule has 4 heteroatoms. The SMILES string of the molecule is [CH-]=C(/C=C\[CH]=[W])NCc1c(Cl)cccc1Cl. The first-order valence-electron chi connectivity index (χ1n) is 4.56. The summed E-state index contributed by atoms with van der Waals surface area (Å²) in [5.74, 6) is 0. The van der Waals surface area contributed by atoms with Crippen molar-refractivity contribution in [3.8, 4) is 0 Å². The summed E-state index contributed by atoms with van der Waals surface area (Å²) >= 11 is 13.4. The molecule has 0 radical (unpaired) electrons. The minimum atomic E-state index is 0.519. The molecule has 84 valence electrons. The zero-order chi connectivity index (χ0) is 12.0. The zero-order valence-corrected chi connectivity index (χ0v) is 12.9. The van der Waals surface area contributed by atoms with Crippen LogP contribution in [-0.2, 0) is 25.9 Å². The first kappa shape index (κ1) is 13.7. The van der Waals surface area contributed by atoms with Gasteiger partial charge in [-0.1, -0.05) is 0 Å². The van der Waals surface area contributed by atoms with Crippen molar-refractivity contribution in [1.82, 2.24) is 5.32 Å².